The molecule has 100 valence electrons. The van der Waals surface area contributed by atoms with E-state index < -0.39 is 5.54 Å². The Labute approximate surface area is 114 Å². The average Bonchev–Trinajstić information content (AvgIpc) is 2.36. The van der Waals surface area contributed by atoms with Gasteiger partial charge in [0.1, 0.15) is 5.82 Å². The lowest BCUT2D eigenvalue weighted by Crippen LogP contribution is -2.40. The number of hydrogen-bond donors (Lipinski definition) is 1. The van der Waals surface area contributed by atoms with E-state index in [1.807, 2.05) is 0 Å². The second-order valence-corrected chi connectivity index (χ2v) is 5.92. The van der Waals surface area contributed by atoms with Gasteiger partial charge < -0.3 is 5.73 Å². The Balaban J connectivity index is 2.15. The van der Waals surface area contributed by atoms with Crippen LogP contribution >= 0.6 is 11.6 Å². The van der Waals surface area contributed by atoms with Gasteiger partial charge in [0.2, 0.25) is 0 Å². The Morgan fingerprint density at radius 1 is 1.39 bits per heavy atom. The molecule has 0 atom stereocenters. The molecule has 1 nitrogen and oxygen atoms in total. The molecule has 0 aromatic heterocycles. The van der Waals surface area contributed by atoms with Crippen molar-refractivity contribution in [2.24, 2.45) is 11.7 Å². The summed E-state index contributed by atoms with van der Waals surface area (Å²) in [6, 6.07) is 4.50. The summed E-state index contributed by atoms with van der Waals surface area (Å²) in [7, 11) is 0. The molecule has 0 radical (unpaired) electrons. The van der Waals surface area contributed by atoms with Crippen LogP contribution in [0.1, 0.15) is 51.0 Å². The maximum Gasteiger partial charge on any atom is 0.123 e. The molecule has 0 saturated heterocycles. The Morgan fingerprint density at radius 3 is 2.67 bits per heavy atom. The van der Waals surface area contributed by atoms with Crippen molar-refractivity contribution in [2.75, 3.05) is 0 Å². The highest BCUT2D eigenvalue weighted by Crippen LogP contribution is 2.41. The first-order chi connectivity index (χ1) is 8.55. The Bertz CT molecular complexity index is 411. The zero-order valence-electron chi connectivity index (χ0n) is 10.9. The van der Waals surface area contributed by atoms with E-state index in [2.05, 4.69) is 6.92 Å². The molecule has 0 aliphatic heterocycles. The minimum Gasteiger partial charge on any atom is -0.321 e. The van der Waals surface area contributed by atoms with Crippen molar-refractivity contribution in [1.82, 2.24) is 0 Å². The fourth-order valence-electron chi connectivity index (χ4n) is 3.04. The molecule has 1 aliphatic carbocycles. The van der Waals surface area contributed by atoms with Crippen molar-refractivity contribution in [3.05, 3.63) is 34.6 Å². The summed E-state index contributed by atoms with van der Waals surface area (Å²) < 4.78 is 13.4. The van der Waals surface area contributed by atoms with Gasteiger partial charge in [0.15, 0.2) is 0 Å². The van der Waals surface area contributed by atoms with Crippen molar-refractivity contribution in [3.63, 3.8) is 0 Å². The first-order valence-electron chi connectivity index (χ1n) is 6.79. The molecule has 18 heavy (non-hydrogen) atoms. The molecule has 0 unspecified atom stereocenters. The number of halogens is 2. The largest absolute Gasteiger partial charge is 0.321 e. The lowest BCUT2D eigenvalue weighted by atomic mass is 9.72. The predicted octanol–water partition coefficient (Wildman–Crippen LogP) is 4.62. The van der Waals surface area contributed by atoms with E-state index in [-0.39, 0.29) is 5.82 Å². The predicted molar refractivity (Wildman–Crippen MR) is 74.1 cm³/mol. The topological polar surface area (TPSA) is 26.0 Å². The van der Waals surface area contributed by atoms with Crippen LogP contribution in [0, 0.1) is 11.7 Å². The Hall–Kier alpha value is -0.600. The van der Waals surface area contributed by atoms with E-state index in [1.54, 1.807) is 6.07 Å². The van der Waals surface area contributed by atoms with E-state index in [9.17, 15) is 4.39 Å². The van der Waals surface area contributed by atoms with Crippen molar-refractivity contribution in [2.45, 2.75) is 51.0 Å². The van der Waals surface area contributed by atoms with E-state index in [1.165, 1.54) is 25.0 Å². The van der Waals surface area contributed by atoms with Crippen LogP contribution in [0.3, 0.4) is 0 Å². The molecule has 0 bridgehead atoms. The van der Waals surface area contributed by atoms with Crippen LogP contribution in [0.2, 0.25) is 5.02 Å². The summed E-state index contributed by atoms with van der Waals surface area (Å²) >= 11 is 6.17. The van der Waals surface area contributed by atoms with Crippen molar-refractivity contribution >= 4 is 11.6 Å². The lowest BCUT2D eigenvalue weighted by molar-refractivity contribution is 0.226. The van der Waals surface area contributed by atoms with Crippen LogP contribution in [0.5, 0.6) is 0 Å². The van der Waals surface area contributed by atoms with Gasteiger partial charge in [-0.3, -0.25) is 0 Å². The van der Waals surface area contributed by atoms with E-state index in [0.717, 1.165) is 37.2 Å². The van der Waals surface area contributed by atoms with Crippen LogP contribution < -0.4 is 5.73 Å². The Kier molecular flexibility index (Phi) is 4.29. The molecular formula is C15H21ClFN. The van der Waals surface area contributed by atoms with Crippen LogP contribution in [0.15, 0.2) is 18.2 Å². The lowest BCUT2D eigenvalue weighted by Gasteiger charge is -2.38. The first kappa shape index (κ1) is 13.8. The normalized spacial score (nSPS) is 28.3. The molecule has 1 fully saturated rings. The maximum absolute atomic E-state index is 13.4. The van der Waals surface area contributed by atoms with Crippen LogP contribution in [-0.2, 0) is 5.54 Å². The molecule has 1 aromatic carbocycles. The molecule has 0 spiro atoms. The number of nitrogens with two attached hydrogens (primary N) is 1. The van der Waals surface area contributed by atoms with Gasteiger partial charge in [0, 0.05) is 10.6 Å². The van der Waals surface area contributed by atoms with Gasteiger partial charge in [0.25, 0.3) is 0 Å². The van der Waals surface area contributed by atoms with E-state index in [4.69, 9.17) is 17.3 Å². The molecule has 2 rings (SSSR count). The molecule has 3 heteroatoms. The second-order valence-electron chi connectivity index (χ2n) is 5.51. The zero-order valence-corrected chi connectivity index (χ0v) is 11.6. The number of benzene rings is 1. The van der Waals surface area contributed by atoms with Crippen LogP contribution in [0.25, 0.3) is 0 Å². The summed E-state index contributed by atoms with van der Waals surface area (Å²) in [6.45, 7) is 2.22. The third-order valence-electron chi connectivity index (χ3n) is 4.16. The van der Waals surface area contributed by atoms with Gasteiger partial charge in [-0.15, -0.1) is 0 Å². The second kappa shape index (κ2) is 5.58. The summed E-state index contributed by atoms with van der Waals surface area (Å²) in [5.41, 5.74) is 6.79. The third kappa shape index (κ3) is 2.86. The Morgan fingerprint density at radius 2 is 2.06 bits per heavy atom. The van der Waals surface area contributed by atoms with Gasteiger partial charge in [0.05, 0.1) is 0 Å². The highest BCUT2D eigenvalue weighted by Gasteiger charge is 2.34. The summed E-state index contributed by atoms with van der Waals surface area (Å²) in [5, 5.41) is 0.591. The smallest absolute Gasteiger partial charge is 0.123 e. The number of rotatable bonds is 3. The van der Waals surface area contributed by atoms with Gasteiger partial charge in [-0.1, -0.05) is 31.4 Å². The molecular weight excluding hydrogens is 249 g/mol. The van der Waals surface area contributed by atoms with Crippen LogP contribution in [-0.4, -0.2) is 0 Å². The summed E-state index contributed by atoms with van der Waals surface area (Å²) in [6.07, 6.45) is 6.55. The minimum absolute atomic E-state index is 0.255. The monoisotopic (exact) mass is 269 g/mol. The average molecular weight is 270 g/mol. The van der Waals surface area contributed by atoms with Gasteiger partial charge in [-0.2, -0.15) is 0 Å². The fraction of sp³-hybridized carbons (Fsp3) is 0.600. The van der Waals surface area contributed by atoms with Crippen LogP contribution in [0.4, 0.5) is 4.39 Å². The molecule has 0 heterocycles. The van der Waals surface area contributed by atoms with Gasteiger partial charge >= 0.3 is 0 Å². The third-order valence-corrected chi connectivity index (χ3v) is 4.49. The highest BCUT2D eigenvalue weighted by atomic mass is 35.5. The number of hydrogen-bond acceptors (Lipinski definition) is 1. The standard InChI is InChI=1S/C15H21ClFN/c1-2-3-11-6-8-15(18,9-7-11)13-10-12(17)4-5-14(13)16/h4-5,10-11H,2-3,6-9,18H2,1H3. The van der Waals surface area contributed by atoms with Crippen molar-refractivity contribution < 1.29 is 4.39 Å². The van der Waals surface area contributed by atoms with Gasteiger partial charge in [-0.25, -0.2) is 4.39 Å². The SMILES string of the molecule is CCCC1CCC(N)(c2cc(F)ccc2Cl)CC1. The fourth-order valence-corrected chi connectivity index (χ4v) is 3.34. The minimum atomic E-state index is -0.441. The summed E-state index contributed by atoms with van der Waals surface area (Å²) in [5.74, 6) is 0.522. The first-order valence-corrected chi connectivity index (χ1v) is 7.17. The highest BCUT2D eigenvalue weighted by molar-refractivity contribution is 6.31. The van der Waals surface area contributed by atoms with Crippen molar-refractivity contribution in [1.29, 1.82) is 0 Å². The molecule has 0 amide bonds. The molecule has 1 aromatic rings. The summed E-state index contributed by atoms with van der Waals surface area (Å²) in [4.78, 5) is 0. The van der Waals surface area contributed by atoms with Crippen molar-refractivity contribution in [3.8, 4) is 0 Å². The maximum atomic E-state index is 13.4. The molecule has 1 saturated carbocycles. The zero-order chi connectivity index (χ0) is 13.2. The van der Waals surface area contributed by atoms with E-state index >= 15 is 0 Å². The quantitative estimate of drug-likeness (QED) is 0.851. The molecule has 2 N–H and O–H groups in total. The molecule has 1 aliphatic rings. The van der Waals surface area contributed by atoms with Gasteiger partial charge in [-0.05, 0) is 55.4 Å². The van der Waals surface area contributed by atoms with E-state index in [0.29, 0.717) is 5.02 Å².